The molecule has 0 radical (unpaired) electrons. The van der Waals surface area contributed by atoms with Crippen LogP contribution in [0, 0.1) is 5.92 Å². The fraction of sp³-hybridized carbons (Fsp3) is 0.333. The molecule has 2 aliphatic carbocycles. The van der Waals surface area contributed by atoms with Gasteiger partial charge in [-0.2, -0.15) is 0 Å². The van der Waals surface area contributed by atoms with E-state index in [2.05, 4.69) is 15.9 Å². The molecule has 0 spiro atoms. The van der Waals surface area contributed by atoms with E-state index in [0.717, 1.165) is 22.9 Å². The Bertz CT molecular complexity index is 892. The Hall–Kier alpha value is -1.98. The van der Waals surface area contributed by atoms with Crippen LogP contribution in [-0.2, 0) is 5.54 Å². The molecule has 0 bridgehead atoms. The monoisotopic (exact) mass is 411 g/mol. The van der Waals surface area contributed by atoms with Gasteiger partial charge in [0.15, 0.2) is 0 Å². The van der Waals surface area contributed by atoms with Gasteiger partial charge in [-0.3, -0.25) is 14.5 Å². The molecule has 2 aromatic rings. The first-order valence-corrected chi connectivity index (χ1v) is 9.70. The summed E-state index contributed by atoms with van der Waals surface area (Å²) in [6.07, 6.45) is 2.87. The van der Waals surface area contributed by atoms with Crippen molar-refractivity contribution in [3.63, 3.8) is 0 Å². The van der Waals surface area contributed by atoms with E-state index in [1.54, 1.807) is 24.3 Å². The Morgan fingerprint density at radius 1 is 0.923 bits per heavy atom. The van der Waals surface area contributed by atoms with E-state index in [9.17, 15) is 14.7 Å². The number of rotatable bonds is 3. The molecule has 0 aromatic heterocycles. The quantitative estimate of drug-likeness (QED) is 0.779. The minimum atomic E-state index is -0.775. The summed E-state index contributed by atoms with van der Waals surface area (Å²) in [6, 6.07) is 14.7. The smallest absolute Gasteiger partial charge is 0.262 e. The first-order chi connectivity index (χ1) is 12.4. The third-order valence-electron chi connectivity index (χ3n) is 6.14. The maximum Gasteiger partial charge on any atom is 0.262 e. The second-order valence-electron chi connectivity index (χ2n) is 7.76. The predicted octanol–water partition coefficient (Wildman–Crippen LogP) is 3.88. The van der Waals surface area contributed by atoms with E-state index >= 15 is 0 Å². The van der Waals surface area contributed by atoms with Gasteiger partial charge in [-0.05, 0) is 48.6 Å². The van der Waals surface area contributed by atoms with Gasteiger partial charge in [0.05, 0.1) is 22.3 Å². The number of hydrogen-bond donors (Lipinski definition) is 1. The molecule has 1 heterocycles. The number of benzene rings is 2. The zero-order chi connectivity index (χ0) is 18.1. The molecule has 0 unspecified atom stereocenters. The Morgan fingerprint density at radius 3 is 1.96 bits per heavy atom. The lowest BCUT2D eigenvalue weighted by molar-refractivity contribution is -0.143. The van der Waals surface area contributed by atoms with Gasteiger partial charge in [-0.15, -0.1) is 0 Å². The molecule has 3 aliphatic rings. The Kier molecular flexibility index (Phi) is 3.29. The first kappa shape index (κ1) is 16.2. The summed E-state index contributed by atoms with van der Waals surface area (Å²) in [5.74, 6) is -0.223. The maximum atomic E-state index is 13.1. The van der Waals surface area contributed by atoms with Crippen LogP contribution in [0.1, 0.15) is 52.0 Å². The van der Waals surface area contributed by atoms with Gasteiger partial charge in [-0.25, -0.2) is 0 Å². The fourth-order valence-corrected chi connectivity index (χ4v) is 4.96. The lowest BCUT2D eigenvalue weighted by Crippen LogP contribution is -2.65. The molecule has 1 aliphatic heterocycles. The number of imide groups is 1. The zero-order valence-electron chi connectivity index (χ0n) is 14.1. The normalized spacial score (nSPS) is 30.3. The van der Waals surface area contributed by atoms with Crippen molar-refractivity contribution < 1.29 is 14.7 Å². The van der Waals surface area contributed by atoms with Gasteiger partial charge in [-0.1, -0.05) is 40.2 Å². The molecule has 2 amide bonds. The number of aliphatic hydroxyl groups is 1. The first-order valence-electron chi connectivity index (χ1n) is 8.91. The van der Waals surface area contributed by atoms with E-state index in [4.69, 9.17) is 0 Å². The number of carbonyl (C=O) groups excluding carboxylic acids is 2. The lowest BCUT2D eigenvalue weighted by Gasteiger charge is -2.57. The summed E-state index contributed by atoms with van der Waals surface area (Å²) in [6.45, 7) is 0. The third-order valence-corrected chi connectivity index (χ3v) is 6.67. The van der Waals surface area contributed by atoms with E-state index in [0.29, 0.717) is 29.9 Å². The topological polar surface area (TPSA) is 57.6 Å². The highest BCUT2D eigenvalue weighted by molar-refractivity contribution is 9.10. The summed E-state index contributed by atoms with van der Waals surface area (Å²) >= 11 is 3.44. The largest absolute Gasteiger partial charge is 0.389 e. The average molecular weight is 412 g/mol. The number of fused-ring (bicyclic) bond motifs is 1. The van der Waals surface area contributed by atoms with Gasteiger partial charge >= 0.3 is 0 Å². The van der Waals surface area contributed by atoms with Crippen molar-refractivity contribution in [1.82, 2.24) is 4.90 Å². The molecule has 2 aromatic carbocycles. The zero-order valence-corrected chi connectivity index (χ0v) is 15.7. The standard InChI is InChI=1S/C21H18BrNO3/c22-15-9-7-13(8-10-15)20(11-21(26,12-20)14-5-6-14)23-18(24)16-3-1-2-4-17(16)19(23)25/h1-4,7-10,14,26H,5-6,11-12H2. The third kappa shape index (κ3) is 2.10. The molecule has 2 fully saturated rings. The summed E-state index contributed by atoms with van der Waals surface area (Å²) in [5, 5.41) is 11.0. The fourth-order valence-electron chi connectivity index (χ4n) is 4.70. The van der Waals surface area contributed by atoms with E-state index in [-0.39, 0.29) is 11.8 Å². The SMILES string of the molecule is O=C1c2ccccc2C(=O)N1C1(c2ccc(Br)cc2)CC(O)(C2CC2)C1. The molecular formula is C21H18BrNO3. The van der Waals surface area contributed by atoms with E-state index < -0.39 is 11.1 Å². The molecular weight excluding hydrogens is 394 g/mol. The van der Waals surface area contributed by atoms with Crippen molar-refractivity contribution in [3.8, 4) is 0 Å². The second kappa shape index (κ2) is 5.27. The van der Waals surface area contributed by atoms with Gasteiger partial charge in [0, 0.05) is 17.3 Å². The molecule has 0 saturated heterocycles. The predicted molar refractivity (Wildman–Crippen MR) is 99.7 cm³/mol. The Labute approximate surface area is 160 Å². The van der Waals surface area contributed by atoms with E-state index in [1.165, 1.54) is 4.90 Å². The van der Waals surface area contributed by atoms with Gasteiger partial charge < -0.3 is 5.11 Å². The number of amides is 2. The molecule has 5 heteroatoms. The number of hydrogen-bond acceptors (Lipinski definition) is 3. The Morgan fingerprint density at radius 2 is 1.46 bits per heavy atom. The Balaban J connectivity index is 1.61. The second-order valence-corrected chi connectivity index (χ2v) is 8.68. The van der Waals surface area contributed by atoms with Crippen molar-refractivity contribution in [2.45, 2.75) is 36.8 Å². The van der Waals surface area contributed by atoms with Crippen LogP contribution in [0.25, 0.3) is 0 Å². The minimum Gasteiger partial charge on any atom is -0.389 e. The molecule has 5 rings (SSSR count). The van der Waals surface area contributed by atoms with Crippen LogP contribution in [0.15, 0.2) is 53.0 Å². The summed E-state index contributed by atoms with van der Waals surface area (Å²) < 4.78 is 0.940. The van der Waals surface area contributed by atoms with Crippen LogP contribution in [0.4, 0.5) is 0 Å². The van der Waals surface area contributed by atoms with Crippen molar-refractivity contribution >= 4 is 27.7 Å². The van der Waals surface area contributed by atoms with Crippen molar-refractivity contribution in [1.29, 1.82) is 0 Å². The van der Waals surface area contributed by atoms with Crippen molar-refractivity contribution in [2.24, 2.45) is 5.92 Å². The maximum absolute atomic E-state index is 13.1. The van der Waals surface area contributed by atoms with Crippen LogP contribution < -0.4 is 0 Å². The van der Waals surface area contributed by atoms with Crippen molar-refractivity contribution in [2.75, 3.05) is 0 Å². The number of nitrogens with zero attached hydrogens (tertiary/aromatic N) is 1. The van der Waals surface area contributed by atoms with Crippen LogP contribution in [-0.4, -0.2) is 27.4 Å². The highest BCUT2D eigenvalue weighted by atomic mass is 79.9. The highest BCUT2D eigenvalue weighted by Crippen LogP contribution is 2.61. The molecule has 26 heavy (non-hydrogen) atoms. The molecule has 2 saturated carbocycles. The number of carbonyl (C=O) groups is 2. The van der Waals surface area contributed by atoms with Crippen molar-refractivity contribution in [3.05, 3.63) is 69.7 Å². The van der Waals surface area contributed by atoms with Crippen LogP contribution in [0.5, 0.6) is 0 Å². The minimum absolute atomic E-state index is 0.258. The highest BCUT2D eigenvalue weighted by Gasteiger charge is 2.66. The average Bonchev–Trinajstić information content (AvgIpc) is 3.42. The van der Waals surface area contributed by atoms with Crippen LogP contribution in [0.2, 0.25) is 0 Å². The molecule has 132 valence electrons. The van der Waals surface area contributed by atoms with Gasteiger partial charge in [0.1, 0.15) is 0 Å². The molecule has 4 nitrogen and oxygen atoms in total. The van der Waals surface area contributed by atoms with Crippen LogP contribution >= 0.6 is 15.9 Å². The number of halogens is 1. The lowest BCUT2D eigenvalue weighted by atomic mass is 9.59. The molecule has 0 atom stereocenters. The summed E-state index contributed by atoms with van der Waals surface area (Å²) in [5.41, 5.74) is 0.264. The van der Waals surface area contributed by atoms with Gasteiger partial charge in [0.25, 0.3) is 11.8 Å². The van der Waals surface area contributed by atoms with Crippen LogP contribution in [0.3, 0.4) is 0 Å². The van der Waals surface area contributed by atoms with Gasteiger partial charge in [0.2, 0.25) is 0 Å². The molecule has 1 N–H and O–H groups in total. The van der Waals surface area contributed by atoms with E-state index in [1.807, 2.05) is 24.3 Å². The summed E-state index contributed by atoms with van der Waals surface area (Å²) in [4.78, 5) is 27.6. The summed E-state index contributed by atoms with van der Waals surface area (Å²) in [7, 11) is 0.